The number of aromatic nitrogens is 2. The first-order valence-corrected chi connectivity index (χ1v) is 5.24. The Kier molecular flexibility index (Phi) is 2.89. The fourth-order valence-electron chi connectivity index (χ4n) is 1.66. The minimum atomic E-state index is 0.0357. The molecule has 1 aliphatic rings. The van der Waals surface area contributed by atoms with Gasteiger partial charge in [-0.3, -0.25) is 4.79 Å². The van der Waals surface area contributed by atoms with Gasteiger partial charge in [0.15, 0.2) is 0 Å². The van der Waals surface area contributed by atoms with E-state index in [9.17, 15) is 4.79 Å². The molecule has 1 amide bonds. The molecule has 0 aromatic carbocycles. The lowest BCUT2D eigenvalue weighted by atomic mass is 10.3. The van der Waals surface area contributed by atoms with Gasteiger partial charge in [0.2, 0.25) is 11.9 Å². The van der Waals surface area contributed by atoms with Crippen molar-refractivity contribution in [3.05, 3.63) is 11.8 Å². The molecule has 1 saturated heterocycles. The highest BCUT2D eigenvalue weighted by Crippen LogP contribution is 2.15. The van der Waals surface area contributed by atoms with Gasteiger partial charge in [-0.05, 0) is 6.92 Å². The monoisotopic (exact) mass is 221 g/mol. The number of carbonyl (C=O) groups is 1. The van der Waals surface area contributed by atoms with Gasteiger partial charge < -0.3 is 15.5 Å². The maximum Gasteiger partial charge on any atom is 0.239 e. The quantitative estimate of drug-likeness (QED) is 0.721. The number of rotatable bonds is 2. The van der Waals surface area contributed by atoms with Gasteiger partial charge in [-0.2, -0.15) is 4.98 Å². The molecule has 6 heteroatoms. The second kappa shape index (κ2) is 4.34. The van der Waals surface area contributed by atoms with Crippen LogP contribution in [0.1, 0.15) is 5.69 Å². The summed E-state index contributed by atoms with van der Waals surface area (Å²) < 4.78 is 0. The van der Waals surface area contributed by atoms with E-state index in [1.165, 1.54) is 0 Å². The molecule has 1 aromatic rings. The summed E-state index contributed by atoms with van der Waals surface area (Å²) in [6.45, 7) is 3.72. The smallest absolute Gasteiger partial charge is 0.239 e. The van der Waals surface area contributed by atoms with Crippen LogP contribution in [-0.2, 0) is 4.79 Å². The van der Waals surface area contributed by atoms with E-state index in [0.29, 0.717) is 19.0 Å². The molecule has 0 unspecified atom stereocenters. The standard InChI is InChI=1S/C10H15N5O/c1-7-5-8(14-10(11-2)13-7)15-4-3-12-9(16)6-15/h5H,3-4,6H2,1-2H3,(H,12,16)(H,11,13,14). The molecule has 16 heavy (non-hydrogen) atoms. The van der Waals surface area contributed by atoms with Gasteiger partial charge in [-0.15, -0.1) is 0 Å². The minimum Gasteiger partial charge on any atom is -0.357 e. The van der Waals surface area contributed by atoms with E-state index in [0.717, 1.165) is 18.1 Å². The first-order chi connectivity index (χ1) is 7.69. The predicted octanol–water partition coefficient (Wildman–Crippen LogP) is -0.237. The summed E-state index contributed by atoms with van der Waals surface area (Å²) in [4.78, 5) is 21.8. The maximum absolute atomic E-state index is 11.3. The summed E-state index contributed by atoms with van der Waals surface area (Å²) in [5, 5.41) is 5.69. The first kappa shape index (κ1) is 10.7. The van der Waals surface area contributed by atoms with Crippen LogP contribution in [-0.4, -0.2) is 42.6 Å². The van der Waals surface area contributed by atoms with Gasteiger partial charge in [0.1, 0.15) is 5.82 Å². The molecule has 0 saturated carbocycles. The van der Waals surface area contributed by atoms with Crippen LogP contribution in [0.5, 0.6) is 0 Å². The number of hydrogen-bond acceptors (Lipinski definition) is 5. The van der Waals surface area contributed by atoms with Gasteiger partial charge in [0, 0.05) is 31.9 Å². The molecular weight excluding hydrogens is 206 g/mol. The van der Waals surface area contributed by atoms with E-state index >= 15 is 0 Å². The molecule has 2 heterocycles. The molecule has 0 spiro atoms. The Balaban J connectivity index is 2.24. The summed E-state index contributed by atoms with van der Waals surface area (Å²) in [6, 6.07) is 1.89. The molecule has 0 aliphatic carbocycles. The lowest BCUT2D eigenvalue weighted by molar-refractivity contribution is -0.120. The van der Waals surface area contributed by atoms with Gasteiger partial charge in [0.05, 0.1) is 6.54 Å². The zero-order valence-corrected chi connectivity index (χ0v) is 9.45. The fourth-order valence-corrected chi connectivity index (χ4v) is 1.66. The van der Waals surface area contributed by atoms with Crippen LogP contribution in [0, 0.1) is 6.92 Å². The molecule has 1 fully saturated rings. The molecule has 1 aliphatic heterocycles. The minimum absolute atomic E-state index is 0.0357. The number of nitrogens with one attached hydrogen (secondary N) is 2. The van der Waals surface area contributed by atoms with E-state index in [1.807, 2.05) is 17.9 Å². The number of hydrogen-bond donors (Lipinski definition) is 2. The summed E-state index contributed by atoms with van der Waals surface area (Å²) in [6.07, 6.45) is 0. The maximum atomic E-state index is 11.3. The lowest BCUT2D eigenvalue weighted by Crippen LogP contribution is -2.48. The molecule has 0 radical (unpaired) electrons. The summed E-state index contributed by atoms with van der Waals surface area (Å²) in [5.41, 5.74) is 0.889. The Morgan fingerprint density at radius 1 is 1.50 bits per heavy atom. The number of amides is 1. The van der Waals surface area contributed by atoms with Gasteiger partial charge in [0.25, 0.3) is 0 Å². The van der Waals surface area contributed by atoms with Crippen LogP contribution in [0.4, 0.5) is 11.8 Å². The third-order valence-electron chi connectivity index (χ3n) is 2.43. The van der Waals surface area contributed by atoms with Crippen molar-refractivity contribution in [2.75, 3.05) is 36.9 Å². The highest BCUT2D eigenvalue weighted by molar-refractivity contribution is 5.82. The number of carbonyl (C=O) groups excluding carboxylic acids is 1. The summed E-state index contributed by atoms with van der Waals surface area (Å²) >= 11 is 0. The number of anilines is 2. The normalized spacial score (nSPS) is 15.9. The fraction of sp³-hybridized carbons (Fsp3) is 0.500. The Morgan fingerprint density at radius 2 is 2.31 bits per heavy atom. The van der Waals surface area contributed by atoms with Crippen molar-refractivity contribution < 1.29 is 4.79 Å². The third kappa shape index (κ3) is 2.21. The zero-order valence-electron chi connectivity index (χ0n) is 9.45. The van der Waals surface area contributed by atoms with Crippen LogP contribution in [0.15, 0.2) is 6.07 Å². The molecule has 1 aromatic heterocycles. The van der Waals surface area contributed by atoms with Crippen LogP contribution in [0.25, 0.3) is 0 Å². The Labute approximate surface area is 94.1 Å². The molecule has 0 bridgehead atoms. The van der Waals surface area contributed by atoms with E-state index in [1.54, 1.807) is 7.05 Å². The van der Waals surface area contributed by atoms with Crippen molar-refractivity contribution in [1.82, 2.24) is 15.3 Å². The van der Waals surface area contributed by atoms with Crippen molar-refractivity contribution in [2.24, 2.45) is 0 Å². The second-order valence-corrected chi connectivity index (χ2v) is 3.71. The molecule has 6 nitrogen and oxygen atoms in total. The van der Waals surface area contributed by atoms with Gasteiger partial charge in [-0.1, -0.05) is 0 Å². The van der Waals surface area contributed by atoms with Crippen LogP contribution >= 0.6 is 0 Å². The van der Waals surface area contributed by atoms with Crippen molar-refractivity contribution in [3.8, 4) is 0 Å². The molecular formula is C10H15N5O. The highest BCUT2D eigenvalue weighted by Gasteiger charge is 2.18. The summed E-state index contributed by atoms with van der Waals surface area (Å²) in [5.74, 6) is 1.42. The van der Waals surface area contributed by atoms with E-state index in [-0.39, 0.29) is 5.91 Å². The van der Waals surface area contributed by atoms with Crippen molar-refractivity contribution in [1.29, 1.82) is 0 Å². The average Bonchev–Trinajstić information content (AvgIpc) is 2.28. The SMILES string of the molecule is CNc1nc(C)cc(N2CCNC(=O)C2)n1. The molecule has 0 atom stereocenters. The zero-order chi connectivity index (χ0) is 11.5. The number of piperazine rings is 1. The van der Waals surface area contributed by atoms with Crippen molar-refractivity contribution in [2.45, 2.75) is 6.92 Å². The lowest BCUT2D eigenvalue weighted by Gasteiger charge is -2.27. The number of nitrogens with zero attached hydrogens (tertiary/aromatic N) is 3. The van der Waals surface area contributed by atoms with Crippen LogP contribution < -0.4 is 15.5 Å². The average molecular weight is 221 g/mol. The topological polar surface area (TPSA) is 70.2 Å². The van der Waals surface area contributed by atoms with Crippen LogP contribution in [0.3, 0.4) is 0 Å². The van der Waals surface area contributed by atoms with Crippen molar-refractivity contribution in [3.63, 3.8) is 0 Å². The van der Waals surface area contributed by atoms with Crippen molar-refractivity contribution >= 4 is 17.7 Å². The van der Waals surface area contributed by atoms with E-state index in [4.69, 9.17) is 0 Å². The summed E-state index contributed by atoms with van der Waals surface area (Å²) in [7, 11) is 1.78. The van der Waals surface area contributed by atoms with Crippen LogP contribution in [0.2, 0.25) is 0 Å². The molecule has 2 N–H and O–H groups in total. The largest absolute Gasteiger partial charge is 0.357 e. The van der Waals surface area contributed by atoms with E-state index in [2.05, 4.69) is 20.6 Å². The van der Waals surface area contributed by atoms with Gasteiger partial charge >= 0.3 is 0 Å². The molecule has 2 rings (SSSR count). The highest BCUT2D eigenvalue weighted by atomic mass is 16.2. The second-order valence-electron chi connectivity index (χ2n) is 3.71. The van der Waals surface area contributed by atoms with E-state index < -0.39 is 0 Å². The Morgan fingerprint density at radius 3 is 3.00 bits per heavy atom. The Bertz CT molecular complexity index is 406. The third-order valence-corrected chi connectivity index (χ3v) is 2.43. The first-order valence-electron chi connectivity index (χ1n) is 5.24. The predicted molar refractivity (Wildman–Crippen MR) is 61.5 cm³/mol. The Hall–Kier alpha value is -1.85. The number of aryl methyl sites for hydroxylation is 1. The molecule has 86 valence electrons. The van der Waals surface area contributed by atoms with Gasteiger partial charge in [-0.25, -0.2) is 4.98 Å².